The summed E-state index contributed by atoms with van der Waals surface area (Å²) in [6, 6.07) is 9.13. The summed E-state index contributed by atoms with van der Waals surface area (Å²) in [5.41, 5.74) is 0.966. The van der Waals surface area contributed by atoms with Crippen molar-refractivity contribution in [3.05, 3.63) is 39.0 Å². The third-order valence-corrected chi connectivity index (χ3v) is 7.56. The summed E-state index contributed by atoms with van der Waals surface area (Å²) in [6.45, 7) is 1.92. The van der Waals surface area contributed by atoms with Gasteiger partial charge in [-0.3, -0.25) is 0 Å². The fourth-order valence-corrected chi connectivity index (χ4v) is 6.24. The number of halogens is 2. The van der Waals surface area contributed by atoms with E-state index in [1.807, 2.05) is 24.3 Å². The lowest BCUT2D eigenvalue weighted by atomic mass is 10.2. The first kappa shape index (κ1) is 17.8. The lowest BCUT2D eigenvalue weighted by molar-refractivity contribution is 0.378. The summed E-state index contributed by atoms with van der Waals surface area (Å²) in [6.07, 6.45) is 0. The van der Waals surface area contributed by atoms with Gasteiger partial charge in [-0.2, -0.15) is 4.31 Å². The molecule has 0 aliphatic carbocycles. The molecular weight excluding hydrogens is 391 g/mol. The van der Waals surface area contributed by atoms with Crippen LogP contribution in [0.2, 0.25) is 8.67 Å². The van der Waals surface area contributed by atoms with Crippen molar-refractivity contribution in [3.8, 4) is 5.75 Å². The van der Waals surface area contributed by atoms with Crippen LogP contribution in [0.4, 0.5) is 5.69 Å². The molecule has 1 aromatic carbocycles. The van der Waals surface area contributed by atoms with E-state index in [1.165, 1.54) is 10.4 Å². The van der Waals surface area contributed by atoms with Gasteiger partial charge in [0.2, 0.25) is 10.0 Å². The Morgan fingerprint density at radius 3 is 2.38 bits per heavy atom. The summed E-state index contributed by atoms with van der Waals surface area (Å²) >= 11 is 13.0. The Balaban J connectivity index is 1.76. The van der Waals surface area contributed by atoms with Gasteiger partial charge in [0.15, 0.2) is 0 Å². The molecule has 0 atom stereocenters. The molecule has 0 saturated carbocycles. The average molecular weight is 407 g/mol. The Morgan fingerprint density at radius 1 is 1.12 bits per heavy atom. The zero-order valence-corrected chi connectivity index (χ0v) is 16.1. The van der Waals surface area contributed by atoms with Crippen LogP contribution >= 0.6 is 34.5 Å². The normalized spacial score (nSPS) is 16.4. The molecule has 1 fully saturated rings. The Kier molecular flexibility index (Phi) is 5.27. The maximum atomic E-state index is 12.7. The molecule has 0 amide bonds. The minimum Gasteiger partial charge on any atom is -0.495 e. The van der Waals surface area contributed by atoms with E-state index in [0.717, 1.165) is 22.8 Å². The molecule has 3 rings (SSSR count). The number of anilines is 1. The Hall–Kier alpha value is -0.990. The fraction of sp³-hybridized carbons (Fsp3) is 0.333. The molecule has 1 saturated heterocycles. The van der Waals surface area contributed by atoms with Crippen LogP contribution in [0.1, 0.15) is 0 Å². The number of nitrogens with zero attached hydrogens (tertiary/aromatic N) is 2. The molecule has 9 heteroatoms. The first-order chi connectivity index (χ1) is 11.4. The third kappa shape index (κ3) is 3.36. The van der Waals surface area contributed by atoms with E-state index in [2.05, 4.69) is 4.90 Å². The second-order valence-electron chi connectivity index (χ2n) is 5.25. The smallest absolute Gasteiger partial charge is 0.245 e. The minimum atomic E-state index is -3.62. The van der Waals surface area contributed by atoms with Gasteiger partial charge in [-0.15, -0.1) is 11.3 Å². The lowest BCUT2D eigenvalue weighted by Crippen LogP contribution is -2.48. The number of piperazine rings is 1. The number of sulfonamides is 1. The topological polar surface area (TPSA) is 49.9 Å². The van der Waals surface area contributed by atoms with Crippen molar-refractivity contribution in [3.63, 3.8) is 0 Å². The summed E-state index contributed by atoms with van der Waals surface area (Å²) in [4.78, 5) is 2.21. The number of rotatable bonds is 4. The fourth-order valence-electron chi connectivity index (χ4n) is 2.70. The predicted octanol–water partition coefficient (Wildman–Crippen LogP) is 3.57. The van der Waals surface area contributed by atoms with Crippen molar-refractivity contribution >= 4 is 50.2 Å². The van der Waals surface area contributed by atoms with Crippen LogP contribution in [0.25, 0.3) is 0 Å². The number of thiophene rings is 1. The highest BCUT2D eigenvalue weighted by molar-refractivity contribution is 7.89. The molecule has 0 N–H and O–H groups in total. The average Bonchev–Trinajstić information content (AvgIpc) is 2.94. The van der Waals surface area contributed by atoms with Gasteiger partial charge in [0.25, 0.3) is 0 Å². The maximum Gasteiger partial charge on any atom is 0.245 e. The van der Waals surface area contributed by atoms with Crippen LogP contribution in [-0.4, -0.2) is 46.0 Å². The summed E-state index contributed by atoms with van der Waals surface area (Å²) in [7, 11) is -2.00. The molecule has 0 bridgehead atoms. The summed E-state index contributed by atoms with van der Waals surface area (Å²) in [5, 5.41) is 0. The van der Waals surface area contributed by atoms with Crippen molar-refractivity contribution in [2.75, 3.05) is 38.2 Å². The molecular formula is C15H16Cl2N2O3S2. The SMILES string of the molecule is COc1ccccc1N1CCN(S(=O)(=O)c2cc(Cl)sc2Cl)CC1. The molecule has 1 aliphatic heterocycles. The second kappa shape index (κ2) is 7.09. The number of hydrogen-bond donors (Lipinski definition) is 0. The molecule has 5 nitrogen and oxygen atoms in total. The quantitative estimate of drug-likeness (QED) is 0.778. The first-order valence-electron chi connectivity index (χ1n) is 7.26. The highest BCUT2D eigenvalue weighted by atomic mass is 35.5. The van der Waals surface area contributed by atoms with Gasteiger partial charge in [-0.1, -0.05) is 35.3 Å². The number of hydrogen-bond acceptors (Lipinski definition) is 5. The monoisotopic (exact) mass is 406 g/mol. The summed E-state index contributed by atoms with van der Waals surface area (Å²) < 4.78 is 32.9. The number of ether oxygens (including phenoxy) is 1. The van der Waals surface area contributed by atoms with Crippen LogP contribution in [-0.2, 0) is 10.0 Å². The zero-order chi connectivity index (χ0) is 17.3. The largest absolute Gasteiger partial charge is 0.495 e. The standard InChI is InChI=1S/C15H16Cl2N2O3S2/c1-22-12-5-3-2-4-11(12)18-6-8-19(9-7-18)24(20,21)13-10-14(16)23-15(13)17/h2-5,10H,6-9H2,1H3. The molecule has 1 aliphatic rings. The van der Waals surface area contributed by atoms with Gasteiger partial charge in [-0.05, 0) is 18.2 Å². The Morgan fingerprint density at radius 2 is 1.79 bits per heavy atom. The molecule has 24 heavy (non-hydrogen) atoms. The van der Waals surface area contributed by atoms with E-state index in [9.17, 15) is 8.42 Å². The zero-order valence-electron chi connectivity index (χ0n) is 12.9. The first-order valence-corrected chi connectivity index (χ1v) is 10.3. The Labute approximate surface area is 155 Å². The molecule has 0 unspecified atom stereocenters. The highest BCUT2D eigenvalue weighted by Gasteiger charge is 2.31. The van der Waals surface area contributed by atoms with Crippen LogP contribution < -0.4 is 9.64 Å². The van der Waals surface area contributed by atoms with E-state index in [1.54, 1.807) is 7.11 Å². The molecule has 0 radical (unpaired) electrons. The van der Waals surface area contributed by atoms with Gasteiger partial charge < -0.3 is 9.64 Å². The van der Waals surface area contributed by atoms with Crippen molar-refractivity contribution in [2.45, 2.75) is 4.90 Å². The Bertz CT molecular complexity index is 831. The van der Waals surface area contributed by atoms with Crippen molar-refractivity contribution in [2.24, 2.45) is 0 Å². The maximum absolute atomic E-state index is 12.7. The molecule has 0 spiro atoms. The van der Waals surface area contributed by atoms with Gasteiger partial charge in [0, 0.05) is 26.2 Å². The third-order valence-electron chi connectivity index (χ3n) is 3.91. The van der Waals surface area contributed by atoms with Gasteiger partial charge in [0.1, 0.15) is 15.0 Å². The molecule has 130 valence electrons. The molecule has 1 aromatic heterocycles. The van der Waals surface area contributed by atoms with E-state index in [-0.39, 0.29) is 9.23 Å². The molecule has 2 aromatic rings. The van der Waals surface area contributed by atoms with Gasteiger partial charge >= 0.3 is 0 Å². The van der Waals surface area contributed by atoms with Crippen molar-refractivity contribution < 1.29 is 13.2 Å². The number of para-hydroxylation sites is 2. The van der Waals surface area contributed by atoms with Crippen LogP contribution in [0.15, 0.2) is 35.2 Å². The van der Waals surface area contributed by atoms with Gasteiger partial charge in [-0.25, -0.2) is 8.42 Å². The predicted molar refractivity (Wildman–Crippen MR) is 98.3 cm³/mol. The van der Waals surface area contributed by atoms with Crippen LogP contribution in [0.3, 0.4) is 0 Å². The van der Waals surface area contributed by atoms with Crippen molar-refractivity contribution in [1.29, 1.82) is 0 Å². The lowest BCUT2D eigenvalue weighted by Gasteiger charge is -2.35. The van der Waals surface area contributed by atoms with Gasteiger partial charge in [0.05, 0.1) is 17.1 Å². The minimum absolute atomic E-state index is 0.0879. The number of methoxy groups -OCH3 is 1. The highest BCUT2D eigenvalue weighted by Crippen LogP contribution is 2.36. The van der Waals surface area contributed by atoms with Crippen LogP contribution in [0, 0.1) is 0 Å². The van der Waals surface area contributed by atoms with E-state index < -0.39 is 10.0 Å². The van der Waals surface area contributed by atoms with Crippen molar-refractivity contribution in [1.82, 2.24) is 4.31 Å². The summed E-state index contributed by atoms with van der Waals surface area (Å²) in [5.74, 6) is 0.779. The van der Waals surface area contributed by atoms with Crippen LogP contribution in [0.5, 0.6) is 5.75 Å². The number of benzene rings is 1. The van der Waals surface area contributed by atoms with E-state index in [0.29, 0.717) is 30.5 Å². The van der Waals surface area contributed by atoms with E-state index >= 15 is 0 Å². The molecule has 2 heterocycles. The van der Waals surface area contributed by atoms with E-state index in [4.69, 9.17) is 27.9 Å². The second-order valence-corrected chi connectivity index (χ2v) is 9.44.